The number of H-pyrrole nitrogens is 1. The van der Waals surface area contributed by atoms with Crippen molar-refractivity contribution >= 4 is 45.6 Å². The van der Waals surface area contributed by atoms with Gasteiger partial charge in [0.05, 0.1) is 35.3 Å². The van der Waals surface area contributed by atoms with E-state index in [1.807, 2.05) is 6.92 Å². The summed E-state index contributed by atoms with van der Waals surface area (Å²) in [5.74, 6) is -0.00245. The Morgan fingerprint density at radius 2 is 1.89 bits per heavy atom. The van der Waals surface area contributed by atoms with Gasteiger partial charge in [-0.2, -0.15) is 23.5 Å². The van der Waals surface area contributed by atoms with Crippen molar-refractivity contribution in [2.24, 2.45) is 7.05 Å². The number of pyridine rings is 1. The van der Waals surface area contributed by atoms with Gasteiger partial charge >= 0.3 is 6.18 Å². The SMILES string of the molecule is CCCc1nn(C)c2c(=O)[nH]c(-c3cc(N4C(=S)N(c5cnc(C#N)c(C(F)(F)F)c5)C(=O)C4(C)C)ccc3OCC)nc12. The Bertz CT molecular complexity index is 1930. The second-order valence-electron chi connectivity index (χ2n) is 10.6. The van der Waals surface area contributed by atoms with E-state index >= 15 is 0 Å². The van der Waals surface area contributed by atoms with E-state index in [2.05, 4.69) is 15.1 Å². The Morgan fingerprint density at radius 1 is 1.16 bits per heavy atom. The van der Waals surface area contributed by atoms with E-state index in [-0.39, 0.29) is 16.6 Å². The van der Waals surface area contributed by atoms with Crippen LogP contribution in [0.25, 0.3) is 22.4 Å². The number of nitrogens with one attached hydrogen (secondary N) is 1. The number of carbonyl (C=O) groups is 1. The predicted octanol–water partition coefficient (Wildman–Crippen LogP) is 4.88. The van der Waals surface area contributed by atoms with Crippen LogP contribution in [0.5, 0.6) is 5.75 Å². The fourth-order valence-electron chi connectivity index (χ4n) is 5.24. The number of halogens is 3. The van der Waals surface area contributed by atoms with Crippen molar-refractivity contribution in [3.05, 3.63) is 57.8 Å². The molecule has 44 heavy (non-hydrogen) atoms. The van der Waals surface area contributed by atoms with Crippen LogP contribution >= 0.6 is 12.2 Å². The molecule has 4 heterocycles. The van der Waals surface area contributed by atoms with Crippen LogP contribution in [0.1, 0.15) is 51.1 Å². The average Bonchev–Trinajstić information content (AvgIpc) is 3.37. The lowest BCUT2D eigenvalue weighted by molar-refractivity contribution is -0.138. The minimum absolute atomic E-state index is 0.107. The van der Waals surface area contributed by atoms with E-state index in [0.29, 0.717) is 52.8 Å². The minimum Gasteiger partial charge on any atom is -0.493 e. The van der Waals surface area contributed by atoms with Gasteiger partial charge in [0.2, 0.25) is 0 Å². The van der Waals surface area contributed by atoms with Gasteiger partial charge in [-0.25, -0.2) is 9.97 Å². The number of hydrogen-bond acceptors (Lipinski definition) is 8. The summed E-state index contributed by atoms with van der Waals surface area (Å²) in [5.41, 5.74) is -1.84. The van der Waals surface area contributed by atoms with Gasteiger partial charge in [-0.3, -0.25) is 19.2 Å². The van der Waals surface area contributed by atoms with Crippen molar-refractivity contribution in [3.63, 3.8) is 0 Å². The maximum absolute atomic E-state index is 13.7. The third-order valence-electron chi connectivity index (χ3n) is 7.24. The molecule has 0 saturated carbocycles. The number of ether oxygens (including phenoxy) is 1. The number of aryl methyl sites for hydroxylation is 2. The number of thiocarbonyl (C=S) groups is 1. The molecule has 3 aromatic heterocycles. The van der Waals surface area contributed by atoms with Crippen LogP contribution in [0, 0.1) is 11.3 Å². The highest BCUT2D eigenvalue weighted by Gasteiger charge is 2.51. The number of benzene rings is 1. The molecule has 1 saturated heterocycles. The van der Waals surface area contributed by atoms with Gasteiger partial charge < -0.3 is 14.6 Å². The third-order valence-corrected chi connectivity index (χ3v) is 7.60. The molecule has 4 aromatic rings. The van der Waals surface area contributed by atoms with Crippen LogP contribution < -0.4 is 20.1 Å². The smallest absolute Gasteiger partial charge is 0.419 e. The van der Waals surface area contributed by atoms with Crippen LogP contribution in [0.4, 0.5) is 24.5 Å². The molecule has 5 rings (SSSR count). The van der Waals surface area contributed by atoms with Gasteiger partial charge in [0.25, 0.3) is 11.5 Å². The molecule has 0 aliphatic carbocycles. The van der Waals surface area contributed by atoms with Crippen LogP contribution in [0.15, 0.2) is 35.3 Å². The number of alkyl halides is 3. The molecule has 0 spiro atoms. The molecule has 1 fully saturated rings. The van der Waals surface area contributed by atoms with Gasteiger partial charge in [0, 0.05) is 12.7 Å². The summed E-state index contributed by atoms with van der Waals surface area (Å²) < 4.78 is 48.5. The Labute approximate surface area is 254 Å². The Hall–Kier alpha value is -4.84. The molecule has 1 aromatic carbocycles. The lowest BCUT2D eigenvalue weighted by Crippen LogP contribution is -2.44. The monoisotopic (exact) mass is 624 g/mol. The summed E-state index contributed by atoms with van der Waals surface area (Å²) in [4.78, 5) is 40.5. The first-order chi connectivity index (χ1) is 20.7. The van der Waals surface area contributed by atoms with Crippen molar-refractivity contribution < 1.29 is 22.7 Å². The van der Waals surface area contributed by atoms with Gasteiger partial charge in [0.15, 0.2) is 16.3 Å². The highest BCUT2D eigenvalue weighted by molar-refractivity contribution is 7.81. The Kier molecular flexibility index (Phi) is 7.66. The van der Waals surface area contributed by atoms with Crippen molar-refractivity contribution in [1.29, 1.82) is 5.26 Å². The molecule has 1 aliphatic heterocycles. The molecule has 1 amide bonds. The van der Waals surface area contributed by atoms with Gasteiger partial charge in [-0.15, -0.1) is 0 Å². The fraction of sp³-hybridized carbons (Fsp3) is 0.345. The van der Waals surface area contributed by atoms with E-state index < -0.39 is 34.4 Å². The molecule has 11 nitrogen and oxygen atoms in total. The highest BCUT2D eigenvalue weighted by Crippen LogP contribution is 2.41. The number of amides is 1. The van der Waals surface area contributed by atoms with Crippen molar-refractivity contribution in [1.82, 2.24) is 24.7 Å². The maximum Gasteiger partial charge on any atom is 0.419 e. The second-order valence-corrected chi connectivity index (χ2v) is 10.9. The van der Waals surface area contributed by atoms with Gasteiger partial charge in [-0.1, -0.05) is 13.3 Å². The number of hydrogen-bond donors (Lipinski definition) is 1. The zero-order valence-electron chi connectivity index (χ0n) is 24.4. The topological polar surface area (TPSA) is 133 Å². The molecule has 0 radical (unpaired) electrons. The summed E-state index contributed by atoms with van der Waals surface area (Å²) >= 11 is 5.67. The first-order valence-electron chi connectivity index (χ1n) is 13.6. The molecule has 0 atom stereocenters. The number of anilines is 2. The summed E-state index contributed by atoms with van der Waals surface area (Å²) in [6.07, 6.45) is -2.47. The Balaban J connectivity index is 1.65. The fourth-order valence-corrected chi connectivity index (χ4v) is 5.76. The van der Waals surface area contributed by atoms with Crippen LogP contribution in [0.2, 0.25) is 0 Å². The largest absolute Gasteiger partial charge is 0.493 e. The van der Waals surface area contributed by atoms with Crippen LogP contribution in [0.3, 0.4) is 0 Å². The number of nitrogens with zero attached hydrogens (tertiary/aromatic N) is 7. The van der Waals surface area contributed by atoms with E-state index in [1.54, 1.807) is 46.0 Å². The summed E-state index contributed by atoms with van der Waals surface area (Å²) in [6, 6.07) is 7.06. The Morgan fingerprint density at radius 3 is 2.52 bits per heavy atom. The molecule has 1 aliphatic rings. The summed E-state index contributed by atoms with van der Waals surface area (Å²) in [6.45, 7) is 7.26. The van der Waals surface area contributed by atoms with E-state index in [1.165, 1.54) is 15.7 Å². The quantitative estimate of drug-likeness (QED) is 0.286. The molecule has 1 N–H and O–H groups in total. The minimum atomic E-state index is -4.88. The second kappa shape index (κ2) is 11.0. The van der Waals surface area contributed by atoms with Crippen molar-refractivity contribution in [2.75, 3.05) is 16.4 Å². The number of carbonyl (C=O) groups excluding carboxylic acids is 1. The number of nitriles is 1. The maximum atomic E-state index is 13.7. The number of aromatic amines is 1. The summed E-state index contributed by atoms with van der Waals surface area (Å²) in [5, 5.41) is 13.5. The molecular formula is C29H27F3N8O3S. The molecule has 0 unspecified atom stereocenters. The third kappa shape index (κ3) is 4.94. The first kappa shape index (κ1) is 30.6. The van der Waals surface area contributed by atoms with E-state index in [4.69, 9.17) is 27.2 Å². The van der Waals surface area contributed by atoms with Gasteiger partial charge in [-0.05, 0) is 63.7 Å². The highest BCUT2D eigenvalue weighted by atomic mass is 32.1. The van der Waals surface area contributed by atoms with Crippen LogP contribution in [-0.4, -0.2) is 47.9 Å². The lowest BCUT2D eigenvalue weighted by Gasteiger charge is -2.30. The molecule has 228 valence electrons. The normalized spacial score (nSPS) is 14.9. The predicted molar refractivity (Wildman–Crippen MR) is 160 cm³/mol. The van der Waals surface area contributed by atoms with Gasteiger partial charge in [0.1, 0.15) is 28.7 Å². The van der Waals surface area contributed by atoms with E-state index in [0.717, 1.165) is 17.5 Å². The van der Waals surface area contributed by atoms with Crippen molar-refractivity contribution in [3.8, 4) is 23.2 Å². The summed E-state index contributed by atoms with van der Waals surface area (Å²) in [7, 11) is 1.67. The first-order valence-corrected chi connectivity index (χ1v) is 14.0. The zero-order chi connectivity index (χ0) is 32.1. The molecule has 15 heteroatoms. The lowest BCUT2D eigenvalue weighted by atomic mass is 10.0. The zero-order valence-corrected chi connectivity index (χ0v) is 25.2. The van der Waals surface area contributed by atoms with Crippen molar-refractivity contribution in [2.45, 2.75) is 52.3 Å². The van der Waals surface area contributed by atoms with Crippen LogP contribution in [-0.2, 0) is 24.4 Å². The molecular weight excluding hydrogens is 597 g/mol. The number of rotatable bonds is 7. The number of aromatic nitrogens is 5. The number of fused-ring (bicyclic) bond motifs is 1. The molecule has 0 bridgehead atoms. The van der Waals surface area contributed by atoms with E-state index in [9.17, 15) is 22.8 Å². The average molecular weight is 625 g/mol. The standard InChI is InChI=1S/C29H27F3N8O3S/c1-6-8-19-22-23(38(5)37-19)25(41)36-24(35-22)17-11-15(9-10-21(17)43-7-2)40-27(44)39(26(42)28(40,3)4)16-12-18(29(30,31)32)20(13-33)34-14-16/h9-12,14H,6-8H2,1-5H3,(H,35,36,41).